The molecule has 7 nitrogen and oxygen atoms in total. The number of methoxy groups -OCH3 is 1. The molecule has 0 bridgehead atoms. The van der Waals surface area contributed by atoms with Crippen molar-refractivity contribution in [3.63, 3.8) is 0 Å². The first-order chi connectivity index (χ1) is 10.2. The number of benzene rings is 1. The van der Waals surface area contributed by atoms with Gasteiger partial charge in [-0.3, -0.25) is 0 Å². The molecule has 0 saturated heterocycles. The summed E-state index contributed by atoms with van der Waals surface area (Å²) >= 11 is 6.17. The number of carbonyl (C=O) groups excluding carboxylic acids is 1. The summed E-state index contributed by atoms with van der Waals surface area (Å²) < 4.78 is 17.1. The van der Waals surface area contributed by atoms with Crippen LogP contribution in [0.2, 0.25) is 5.02 Å². The number of nitrogens with zero attached hydrogens (tertiary/aromatic N) is 3. The van der Waals surface area contributed by atoms with Gasteiger partial charge in [0, 0.05) is 0 Å². The molecule has 0 fully saturated rings. The maximum absolute atomic E-state index is 11.3. The summed E-state index contributed by atoms with van der Waals surface area (Å²) in [6.07, 6.45) is 1.46. The van der Waals surface area contributed by atoms with Crippen molar-refractivity contribution in [3.05, 3.63) is 34.9 Å². The Bertz CT molecular complexity index is 686. The smallest absolute Gasteiger partial charge is 0.377 e. The number of fused-ring (bicyclic) bond motifs is 1. The van der Waals surface area contributed by atoms with Gasteiger partial charge in [0.1, 0.15) is 19.5 Å². The topological polar surface area (TPSA) is 75.5 Å². The van der Waals surface area contributed by atoms with Crippen molar-refractivity contribution in [2.75, 3.05) is 20.3 Å². The van der Waals surface area contributed by atoms with E-state index in [1.807, 2.05) is 6.07 Å². The lowest BCUT2D eigenvalue weighted by atomic mass is 10.2. The highest BCUT2D eigenvalue weighted by Gasteiger charge is 2.17. The lowest BCUT2D eigenvalue weighted by molar-refractivity contribution is 0.0586. The van der Waals surface area contributed by atoms with Crippen LogP contribution >= 0.6 is 11.6 Å². The van der Waals surface area contributed by atoms with Gasteiger partial charge in [0.25, 0.3) is 5.82 Å². The Morgan fingerprint density at radius 2 is 2.24 bits per heavy atom. The fraction of sp³-hybridized carbons (Fsp3) is 0.308. The molecule has 0 atom stereocenters. The van der Waals surface area contributed by atoms with E-state index in [1.54, 1.807) is 6.07 Å². The molecule has 0 radical (unpaired) electrons. The molecule has 0 saturated carbocycles. The van der Waals surface area contributed by atoms with E-state index >= 15 is 0 Å². The molecule has 0 spiro atoms. The van der Waals surface area contributed by atoms with Gasteiger partial charge in [0.2, 0.25) is 0 Å². The van der Waals surface area contributed by atoms with E-state index in [9.17, 15) is 4.79 Å². The Balaban J connectivity index is 1.83. The molecular weight excluding hydrogens is 298 g/mol. The van der Waals surface area contributed by atoms with Crippen molar-refractivity contribution < 1.29 is 19.0 Å². The predicted molar refractivity (Wildman–Crippen MR) is 72.9 cm³/mol. The highest BCUT2D eigenvalue weighted by atomic mass is 35.5. The number of ether oxygens (including phenoxy) is 3. The Morgan fingerprint density at radius 3 is 3.05 bits per heavy atom. The second-order valence-corrected chi connectivity index (χ2v) is 4.77. The largest absolute Gasteiger partial charge is 0.486 e. The SMILES string of the molecule is COC(=O)c1ncn(Cc2cc(Cl)c3c(c2)OCCO3)n1. The summed E-state index contributed by atoms with van der Waals surface area (Å²) in [6.45, 7) is 1.38. The Hall–Kier alpha value is -2.28. The lowest BCUT2D eigenvalue weighted by Crippen LogP contribution is -2.16. The molecule has 1 aromatic heterocycles. The zero-order chi connectivity index (χ0) is 14.8. The van der Waals surface area contributed by atoms with Gasteiger partial charge in [-0.05, 0) is 17.7 Å². The summed E-state index contributed by atoms with van der Waals surface area (Å²) in [6, 6.07) is 3.61. The second-order valence-electron chi connectivity index (χ2n) is 4.36. The number of carbonyl (C=O) groups is 1. The van der Waals surface area contributed by atoms with Gasteiger partial charge in [-0.2, -0.15) is 0 Å². The van der Waals surface area contributed by atoms with Crippen LogP contribution in [0.4, 0.5) is 0 Å². The molecule has 1 aliphatic heterocycles. The molecule has 0 aliphatic carbocycles. The first-order valence-electron chi connectivity index (χ1n) is 6.23. The molecule has 2 aromatic rings. The van der Waals surface area contributed by atoms with Gasteiger partial charge in [-0.1, -0.05) is 11.6 Å². The van der Waals surface area contributed by atoms with Crippen molar-refractivity contribution >= 4 is 17.6 Å². The third-order valence-corrected chi connectivity index (χ3v) is 3.19. The van der Waals surface area contributed by atoms with Crippen LogP contribution in [0.3, 0.4) is 0 Å². The van der Waals surface area contributed by atoms with Crippen LogP contribution in [0.5, 0.6) is 11.5 Å². The van der Waals surface area contributed by atoms with E-state index in [1.165, 1.54) is 18.1 Å². The molecule has 0 amide bonds. The molecule has 8 heteroatoms. The van der Waals surface area contributed by atoms with Crippen LogP contribution in [0.25, 0.3) is 0 Å². The summed E-state index contributed by atoms with van der Waals surface area (Å²) in [5.41, 5.74) is 0.866. The van der Waals surface area contributed by atoms with E-state index in [-0.39, 0.29) is 5.82 Å². The van der Waals surface area contributed by atoms with Gasteiger partial charge in [-0.25, -0.2) is 14.5 Å². The summed E-state index contributed by atoms with van der Waals surface area (Å²) in [4.78, 5) is 15.2. The average Bonchev–Trinajstić information content (AvgIpc) is 2.95. The maximum atomic E-state index is 11.3. The molecular formula is C13H12ClN3O4. The van der Waals surface area contributed by atoms with Gasteiger partial charge < -0.3 is 14.2 Å². The zero-order valence-electron chi connectivity index (χ0n) is 11.2. The fourth-order valence-corrected chi connectivity index (χ4v) is 2.29. The minimum Gasteiger partial charge on any atom is -0.486 e. The summed E-state index contributed by atoms with van der Waals surface area (Å²) in [5.74, 6) is 0.604. The van der Waals surface area contributed by atoms with Crippen molar-refractivity contribution in [1.82, 2.24) is 14.8 Å². The molecule has 110 valence electrons. The minimum atomic E-state index is -0.575. The first-order valence-corrected chi connectivity index (χ1v) is 6.61. The van der Waals surface area contributed by atoms with Gasteiger partial charge in [0.15, 0.2) is 11.5 Å². The number of hydrogen-bond donors (Lipinski definition) is 0. The van der Waals surface area contributed by atoms with E-state index in [0.717, 1.165) is 5.56 Å². The van der Waals surface area contributed by atoms with Crippen LogP contribution in [0.15, 0.2) is 18.5 Å². The lowest BCUT2D eigenvalue weighted by Gasteiger charge is -2.20. The number of halogens is 1. The number of aromatic nitrogens is 3. The van der Waals surface area contributed by atoms with E-state index in [4.69, 9.17) is 21.1 Å². The van der Waals surface area contributed by atoms with Crippen molar-refractivity contribution in [2.24, 2.45) is 0 Å². The third kappa shape index (κ3) is 2.78. The van der Waals surface area contributed by atoms with Crippen LogP contribution in [0.1, 0.15) is 16.2 Å². The average molecular weight is 310 g/mol. The molecule has 0 N–H and O–H groups in total. The highest BCUT2D eigenvalue weighted by Crippen LogP contribution is 2.38. The fourth-order valence-electron chi connectivity index (χ4n) is 2.00. The standard InChI is InChI=1S/C13H12ClN3O4/c1-19-13(18)12-15-7-17(16-12)6-8-4-9(14)11-10(5-8)20-2-3-21-11/h4-5,7H,2-3,6H2,1H3. The van der Waals surface area contributed by atoms with Crippen molar-refractivity contribution in [3.8, 4) is 11.5 Å². The monoisotopic (exact) mass is 309 g/mol. The molecule has 0 unspecified atom stereocenters. The maximum Gasteiger partial charge on any atom is 0.377 e. The minimum absolute atomic E-state index is 0.0149. The van der Waals surface area contributed by atoms with Crippen molar-refractivity contribution in [2.45, 2.75) is 6.54 Å². The molecule has 2 heterocycles. The zero-order valence-corrected chi connectivity index (χ0v) is 12.0. The third-order valence-electron chi connectivity index (χ3n) is 2.91. The van der Waals surface area contributed by atoms with Crippen LogP contribution in [-0.4, -0.2) is 41.1 Å². The van der Waals surface area contributed by atoms with Crippen LogP contribution in [0, 0.1) is 0 Å². The highest BCUT2D eigenvalue weighted by molar-refractivity contribution is 6.32. The molecule has 21 heavy (non-hydrogen) atoms. The van der Waals surface area contributed by atoms with Crippen molar-refractivity contribution in [1.29, 1.82) is 0 Å². The van der Waals surface area contributed by atoms with E-state index in [0.29, 0.717) is 36.3 Å². The van der Waals surface area contributed by atoms with Crippen LogP contribution < -0.4 is 9.47 Å². The Morgan fingerprint density at radius 1 is 1.43 bits per heavy atom. The van der Waals surface area contributed by atoms with Gasteiger partial charge >= 0.3 is 5.97 Å². The predicted octanol–water partition coefficient (Wildman–Crippen LogP) is 1.54. The molecule has 3 rings (SSSR count). The number of rotatable bonds is 3. The van der Waals surface area contributed by atoms with E-state index in [2.05, 4.69) is 14.8 Å². The number of hydrogen-bond acceptors (Lipinski definition) is 6. The van der Waals surface area contributed by atoms with Gasteiger partial charge in [0.05, 0.1) is 18.7 Å². The molecule has 1 aliphatic rings. The quantitative estimate of drug-likeness (QED) is 0.801. The van der Waals surface area contributed by atoms with E-state index < -0.39 is 5.97 Å². The number of esters is 1. The van der Waals surface area contributed by atoms with Crippen LogP contribution in [-0.2, 0) is 11.3 Å². The Labute approximate surface area is 125 Å². The second kappa shape index (κ2) is 5.61. The Kier molecular flexibility index (Phi) is 3.66. The normalized spacial score (nSPS) is 13.0. The summed E-state index contributed by atoms with van der Waals surface area (Å²) in [5, 5.41) is 4.52. The van der Waals surface area contributed by atoms with Gasteiger partial charge in [-0.15, -0.1) is 5.10 Å². The first kappa shape index (κ1) is 13.7. The molecule has 1 aromatic carbocycles. The summed E-state index contributed by atoms with van der Waals surface area (Å²) in [7, 11) is 1.28.